The van der Waals surface area contributed by atoms with Gasteiger partial charge in [-0.2, -0.15) is 4.98 Å². The fraction of sp³-hybridized carbons (Fsp3) is 0.290. The van der Waals surface area contributed by atoms with Gasteiger partial charge in [-0.25, -0.2) is 4.79 Å². The Bertz CT molecular complexity index is 1470. The maximum Gasteiger partial charge on any atom is 0.351 e. The Balaban J connectivity index is 1.64. The summed E-state index contributed by atoms with van der Waals surface area (Å²) in [6, 6.07) is 26.6. The van der Waals surface area contributed by atoms with Gasteiger partial charge in [-0.05, 0) is 53.9 Å². The molecule has 10 heteroatoms. The first kappa shape index (κ1) is 28.3. The molecule has 5 rings (SSSR count). The van der Waals surface area contributed by atoms with Crippen molar-refractivity contribution in [3.8, 4) is 11.5 Å². The average Bonchev–Trinajstić information content (AvgIpc) is 3.24. The fourth-order valence-corrected chi connectivity index (χ4v) is 5.33. The largest absolute Gasteiger partial charge is 0.497 e. The van der Waals surface area contributed by atoms with Gasteiger partial charge in [0.1, 0.15) is 40.7 Å². The summed E-state index contributed by atoms with van der Waals surface area (Å²) in [5, 5.41) is 34.3. The molecule has 0 amide bonds. The third-order valence-electron chi connectivity index (χ3n) is 7.59. The Morgan fingerprint density at radius 1 is 0.927 bits per heavy atom. The SMILES string of the molecule is COc1ccc(C(Nc2ccn([C@@H]3O[C@H](CO)C(O)[C@]3(C)O)c(=O)n2)(c2ccccc2)c2ccc(OC)cc2)cc1. The molecule has 1 aliphatic heterocycles. The number of aliphatic hydroxyl groups excluding tert-OH is 2. The number of nitrogens with zero attached hydrogens (tertiary/aromatic N) is 2. The first-order chi connectivity index (χ1) is 19.7. The van der Waals surface area contributed by atoms with Crippen molar-refractivity contribution in [2.45, 2.75) is 36.5 Å². The van der Waals surface area contributed by atoms with Crippen LogP contribution in [0.4, 0.5) is 5.82 Å². The van der Waals surface area contributed by atoms with E-state index in [1.54, 1.807) is 20.3 Å². The highest BCUT2D eigenvalue weighted by molar-refractivity contribution is 5.59. The fourth-order valence-electron chi connectivity index (χ4n) is 5.33. The highest BCUT2D eigenvalue weighted by atomic mass is 16.6. The van der Waals surface area contributed by atoms with Gasteiger partial charge in [-0.15, -0.1) is 0 Å². The standard InChI is InChI=1S/C31H33N3O7/c1-30(38)27(36)25(19-35)41-28(30)34-18-17-26(32-29(34)37)33-31(20-7-5-4-6-8-20,21-9-13-23(39-2)14-10-21)22-11-15-24(40-3)16-12-22/h4-18,25,27-28,35-36,38H,19H2,1-3H3,(H,32,33,37)/t25-,27?,28-,30+/m1/s1. The molecule has 1 fully saturated rings. The highest BCUT2D eigenvalue weighted by Gasteiger charge is 2.53. The van der Waals surface area contributed by atoms with Crippen LogP contribution in [-0.2, 0) is 10.3 Å². The summed E-state index contributed by atoms with van der Waals surface area (Å²) in [6.45, 7) is 0.837. The highest BCUT2D eigenvalue weighted by Crippen LogP contribution is 2.41. The molecule has 4 atom stereocenters. The maximum absolute atomic E-state index is 13.3. The first-order valence-corrected chi connectivity index (χ1v) is 13.1. The van der Waals surface area contributed by atoms with E-state index in [0.717, 1.165) is 21.3 Å². The van der Waals surface area contributed by atoms with Crippen molar-refractivity contribution < 1.29 is 29.5 Å². The van der Waals surface area contributed by atoms with Crippen LogP contribution in [0.5, 0.6) is 11.5 Å². The summed E-state index contributed by atoms with van der Waals surface area (Å²) in [4.78, 5) is 17.6. The number of benzene rings is 3. The van der Waals surface area contributed by atoms with Gasteiger partial charge in [0, 0.05) is 6.20 Å². The molecule has 0 radical (unpaired) electrons. The molecule has 1 saturated heterocycles. The number of ether oxygens (including phenoxy) is 3. The maximum atomic E-state index is 13.3. The summed E-state index contributed by atoms with van der Waals surface area (Å²) in [5.41, 5.74) is -0.935. The van der Waals surface area contributed by atoms with Crippen molar-refractivity contribution in [1.29, 1.82) is 0 Å². The third kappa shape index (κ3) is 5.07. The molecule has 4 N–H and O–H groups in total. The Labute approximate surface area is 237 Å². The van der Waals surface area contributed by atoms with E-state index in [4.69, 9.17) is 14.2 Å². The van der Waals surface area contributed by atoms with Crippen LogP contribution in [0.1, 0.15) is 29.8 Å². The molecule has 214 valence electrons. The van der Waals surface area contributed by atoms with Crippen molar-refractivity contribution >= 4 is 5.82 Å². The molecule has 41 heavy (non-hydrogen) atoms. The zero-order valence-electron chi connectivity index (χ0n) is 23.0. The van der Waals surface area contributed by atoms with Crippen molar-refractivity contribution in [2.75, 3.05) is 26.1 Å². The molecule has 0 bridgehead atoms. The van der Waals surface area contributed by atoms with E-state index in [0.29, 0.717) is 11.5 Å². The van der Waals surface area contributed by atoms with Gasteiger partial charge < -0.3 is 34.8 Å². The smallest absolute Gasteiger partial charge is 0.351 e. The number of aliphatic hydroxyl groups is 3. The Morgan fingerprint density at radius 3 is 1.93 bits per heavy atom. The second kappa shape index (κ2) is 11.3. The van der Waals surface area contributed by atoms with Crippen molar-refractivity contribution in [1.82, 2.24) is 9.55 Å². The lowest BCUT2D eigenvalue weighted by Crippen LogP contribution is -2.46. The number of hydrogen-bond acceptors (Lipinski definition) is 9. The van der Waals surface area contributed by atoms with Gasteiger partial charge in [-0.1, -0.05) is 54.6 Å². The lowest BCUT2D eigenvalue weighted by Gasteiger charge is -2.37. The zero-order valence-corrected chi connectivity index (χ0v) is 23.0. The lowest BCUT2D eigenvalue weighted by atomic mass is 9.77. The molecular formula is C31H33N3O7. The Hall–Kier alpha value is -4.22. The molecule has 1 aliphatic rings. The normalized spacial score (nSPS) is 22.3. The van der Waals surface area contributed by atoms with E-state index >= 15 is 0 Å². The zero-order chi connectivity index (χ0) is 29.2. The molecule has 3 aromatic carbocycles. The molecule has 1 unspecified atom stereocenters. The lowest BCUT2D eigenvalue weighted by molar-refractivity contribution is -0.0986. The van der Waals surface area contributed by atoms with Crippen LogP contribution in [0.2, 0.25) is 0 Å². The number of aromatic nitrogens is 2. The van der Waals surface area contributed by atoms with Gasteiger partial charge in [0.2, 0.25) is 0 Å². The van der Waals surface area contributed by atoms with Gasteiger partial charge in [0.25, 0.3) is 0 Å². The van der Waals surface area contributed by atoms with E-state index in [9.17, 15) is 20.1 Å². The minimum absolute atomic E-state index is 0.263. The Morgan fingerprint density at radius 2 is 1.46 bits per heavy atom. The van der Waals surface area contributed by atoms with Crippen LogP contribution in [0.3, 0.4) is 0 Å². The molecule has 4 aromatic rings. The van der Waals surface area contributed by atoms with Crippen LogP contribution in [-0.4, -0.2) is 63.5 Å². The number of rotatable bonds is 9. The topological polar surface area (TPSA) is 135 Å². The van der Waals surface area contributed by atoms with Crippen molar-refractivity contribution in [2.24, 2.45) is 0 Å². The first-order valence-electron chi connectivity index (χ1n) is 13.1. The van der Waals surface area contributed by atoms with Crippen LogP contribution in [0.25, 0.3) is 0 Å². The number of anilines is 1. The number of hydrogen-bond donors (Lipinski definition) is 4. The van der Waals surface area contributed by atoms with E-state index in [2.05, 4.69) is 10.3 Å². The molecule has 0 spiro atoms. The van der Waals surface area contributed by atoms with Crippen molar-refractivity contribution in [3.05, 3.63) is 118 Å². The minimum atomic E-state index is -1.83. The van der Waals surface area contributed by atoms with Crippen LogP contribution >= 0.6 is 0 Å². The molecule has 10 nitrogen and oxygen atoms in total. The van der Waals surface area contributed by atoms with Gasteiger partial charge in [0.15, 0.2) is 6.23 Å². The second-order valence-corrected chi connectivity index (χ2v) is 10.1. The van der Waals surface area contributed by atoms with E-state index in [1.807, 2.05) is 78.9 Å². The quantitative estimate of drug-likeness (QED) is 0.228. The van der Waals surface area contributed by atoms with Crippen molar-refractivity contribution in [3.63, 3.8) is 0 Å². The number of nitrogens with one attached hydrogen (secondary N) is 1. The summed E-state index contributed by atoms with van der Waals surface area (Å²) in [7, 11) is 3.21. The molecule has 2 heterocycles. The molecule has 0 saturated carbocycles. The van der Waals surface area contributed by atoms with Gasteiger partial charge in [0.05, 0.1) is 20.8 Å². The number of methoxy groups -OCH3 is 2. The van der Waals surface area contributed by atoms with E-state index in [-0.39, 0.29) is 5.82 Å². The Kier molecular flexibility index (Phi) is 7.83. The molecule has 1 aromatic heterocycles. The van der Waals surface area contributed by atoms with E-state index < -0.39 is 41.9 Å². The average molecular weight is 560 g/mol. The second-order valence-electron chi connectivity index (χ2n) is 10.1. The summed E-state index contributed by atoms with van der Waals surface area (Å²) >= 11 is 0. The summed E-state index contributed by atoms with van der Waals surface area (Å²) in [5.74, 6) is 1.65. The van der Waals surface area contributed by atoms with Crippen LogP contribution in [0.15, 0.2) is 95.9 Å². The summed E-state index contributed by atoms with van der Waals surface area (Å²) < 4.78 is 17.5. The molecular weight excluding hydrogens is 526 g/mol. The molecule has 0 aliphatic carbocycles. The predicted octanol–water partition coefficient (Wildman–Crippen LogP) is 2.67. The third-order valence-corrected chi connectivity index (χ3v) is 7.59. The van der Waals surface area contributed by atoms with Crippen LogP contribution < -0.4 is 20.5 Å². The minimum Gasteiger partial charge on any atom is -0.497 e. The van der Waals surface area contributed by atoms with Gasteiger partial charge >= 0.3 is 5.69 Å². The summed E-state index contributed by atoms with van der Waals surface area (Å²) in [6.07, 6.45) is -2.24. The van der Waals surface area contributed by atoms with E-state index in [1.165, 1.54) is 13.1 Å². The van der Waals surface area contributed by atoms with Gasteiger partial charge in [-0.3, -0.25) is 4.57 Å². The monoisotopic (exact) mass is 559 g/mol. The predicted molar refractivity (Wildman–Crippen MR) is 152 cm³/mol. The van der Waals surface area contributed by atoms with Crippen LogP contribution in [0, 0.1) is 0 Å².